The number of carbonyl (C=O) groups excluding carboxylic acids is 1. The summed E-state index contributed by atoms with van der Waals surface area (Å²) in [6.45, 7) is 2.58. The van der Waals surface area contributed by atoms with Gasteiger partial charge in [-0.25, -0.2) is 4.98 Å². The minimum atomic E-state index is -0.184. The summed E-state index contributed by atoms with van der Waals surface area (Å²) < 4.78 is 18.6. The molecule has 7 nitrogen and oxygen atoms in total. The maximum Gasteiger partial charge on any atom is 0.240 e. The first kappa shape index (κ1) is 19.9. The Balaban J connectivity index is 1.32. The number of nitrogens with zero attached hydrogens (tertiary/aromatic N) is 2. The van der Waals surface area contributed by atoms with Crippen LogP contribution in [0.15, 0.2) is 72.8 Å². The van der Waals surface area contributed by atoms with Crippen molar-refractivity contribution >= 4 is 16.9 Å². The van der Waals surface area contributed by atoms with Crippen LogP contribution in [-0.4, -0.2) is 22.3 Å². The van der Waals surface area contributed by atoms with Gasteiger partial charge in [0.05, 0.1) is 17.1 Å². The Morgan fingerprint density at radius 3 is 2.72 bits per heavy atom. The third-order valence-corrected chi connectivity index (χ3v) is 5.42. The number of rotatable bonds is 7. The summed E-state index contributed by atoms with van der Waals surface area (Å²) in [6.07, 6.45) is 0. The lowest BCUT2D eigenvalue weighted by Crippen LogP contribution is -2.30. The largest absolute Gasteiger partial charge is 0.486 e. The molecular weight excluding hydrogens is 406 g/mol. The van der Waals surface area contributed by atoms with E-state index >= 15 is 0 Å². The number of para-hydroxylation sites is 3. The molecule has 32 heavy (non-hydrogen) atoms. The summed E-state index contributed by atoms with van der Waals surface area (Å²) in [7, 11) is 0. The lowest BCUT2D eigenvalue weighted by atomic mass is 10.1. The van der Waals surface area contributed by atoms with Crippen LogP contribution in [0.4, 0.5) is 0 Å². The number of amides is 1. The summed E-state index contributed by atoms with van der Waals surface area (Å²) >= 11 is 0. The van der Waals surface area contributed by atoms with Gasteiger partial charge >= 0.3 is 0 Å². The predicted molar refractivity (Wildman–Crippen MR) is 120 cm³/mol. The zero-order chi connectivity index (χ0) is 21.9. The summed E-state index contributed by atoms with van der Waals surface area (Å²) in [6, 6.07) is 22.9. The third-order valence-electron chi connectivity index (χ3n) is 5.42. The number of carbonyl (C=O) groups is 1. The molecule has 1 N–H and O–H groups in total. The van der Waals surface area contributed by atoms with Crippen LogP contribution < -0.4 is 19.5 Å². The highest BCUT2D eigenvalue weighted by molar-refractivity contribution is 5.81. The van der Waals surface area contributed by atoms with E-state index in [-0.39, 0.29) is 31.9 Å². The molecule has 1 aliphatic heterocycles. The number of nitrogens with one attached hydrogen (secondary N) is 1. The van der Waals surface area contributed by atoms with Crippen molar-refractivity contribution in [3.63, 3.8) is 0 Å². The van der Waals surface area contributed by atoms with Crippen LogP contribution in [0, 0.1) is 0 Å². The van der Waals surface area contributed by atoms with E-state index in [0.29, 0.717) is 11.6 Å². The second-order valence-electron chi connectivity index (χ2n) is 7.61. The van der Waals surface area contributed by atoms with Crippen molar-refractivity contribution < 1.29 is 19.0 Å². The van der Waals surface area contributed by atoms with Crippen LogP contribution in [-0.2, 0) is 17.9 Å². The molecule has 1 aromatic heterocycles. The molecule has 5 rings (SSSR count). The molecule has 0 unspecified atom stereocenters. The highest BCUT2D eigenvalue weighted by Gasteiger charge is 2.19. The molecule has 4 aromatic rings. The number of hydrogen-bond donors (Lipinski definition) is 1. The molecule has 7 heteroatoms. The van der Waals surface area contributed by atoms with Crippen LogP contribution in [0.1, 0.15) is 24.4 Å². The normalized spacial score (nSPS) is 13.2. The molecule has 0 radical (unpaired) electrons. The summed E-state index contributed by atoms with van der Waals surface area (Å²) in [5.74, 6) is 2.76. The van der Waals surface area contributed by atoms with Crippen LogP contribution in [0.2, 0.25) is 0 Å². The van der Waals surface area contributed by atoms with Gasteiger partial charge < -0.3 is 24.1 Å². The van der Waals surface area contributed by atoms with E-state index in [1.54, 1.807) is 0 Å². The average molecular weight is 429 g/mol. The quantitative estimate of drug-likeness (QED) is 0.476. The molecule has 1 atom stereocenters. The van der Waals surface area contributed by atoms with E-state index in [2.05, 4.69) is 10.3 Å². The van der Waals surface area contributed by atoms with Crippen LogP contribution in [0.3, 0.4) is 0 Å². The molecule has 0 fully saturated rings. The Morgan fingerprint density at radius 1 is 1.06 bits per heavy atom. The van der Waals surface area contributed by atoms with E-state index in [1.807, 2.05) is 84.3 Å². The van der Waals surface area contributed by atoms with Crippen LogP contribution in [0.5, 0.6) is 17.2 Å². The van der Waals surface area contributed by atoms with Crippen molar-refractivity contribution in [1.29, 1.82) is 0 Å². The van der Waals surface area contributed by atoms with Crippen LogP contribution in [0.25, 0.3) is 11.0 Å². The second-order valence-corrected chi connectivity index (χ2v) is 7.61. The average Bonchev–Trinajstić information content (AvgIpc) is 3.42. The molecule has 0 bridgehead atoms. The minimum Gasteiger partial charge on any atom is -0.486 e. The molecule has 0 saturated carbocycles. The number of imidazole rings is 1. The van der Waals surface area contributed by atoms with Gasteiger partial charge in [0.25, 0.3) is 0 Å². The van der Waals surface area contributed by atoms with Gasteiger partial charge in [-0.1, -0.05) is 36.4 Å². The predicted octanol–water partition coefficient (Wildman–Crippen LogP) is 4.22. The molecule has 0 spiro atoms. The molecular formula is C25H23N3O4. The highest BCUT2D eigenvalue weighted by Crippen LogP contribution is 2.34. The molecule has 1 amide bonds. The Morgan fingerprint density at radius 2 is 1.84 bits per heavy atom. The van der Waals surface area contributed by atoms with Gasteiger partial charge in [0, 0.05) is 0 Å². The number of hydrogen-bond acceptors (Lipinski definition) is 5. The number of ether oxygens (including phenoxy) is 3. The van der Waals surface area contributed by atoms with Crippen LogP contribution >= 0.6 is 0 Å². The number of benzene rings is 3. The third kappa shape index (κ3) is 4.09. The number of aromatic nitrogens is 2. The van der Waals surface area contributed by atoms with Gasteiger partial charge in [-0.05, 0) is 48.9 Å². The fourth-order valence-corrected chi connectivity index (χ4v) is 3.77. The lowest BCUT2D eigenvalue weighted by molar-refractivity contribution is -0.122. The van der Waals surface area contributed by atoms with Gasteiger partial charge in [0.1, 0.15) is 24.7 Å². The summed E-state index contributed by atoms with van der Waals surface area (Å²) in [5.41, 5.74) is 2.67. The summed E-state index contributed by atoms with van der Waals surface area (Å²) in [4.78, 5) is 17.6. The molecule has 1 aliphatic rings. The first-order valence-corrected chi connectivity index (χ1v) is 10.5. The Kier molecular flexibility index (Phi) is 5.37. The smallest absolute Gasteiger partial charge is 0.240 e. The first-order chi connectivity index (χ1) is 15.7. The van der Waals surface area contributed by atoms with E-state index < -0.39 is 0 Å². The van der Waals surface area contributed by atoms with E-state index in [9.17, 15) is 4.79 Å². The zero-order valence-electron chi connectivity index (χ0n) is 17.7. The monoisotopic (exact) mass is 429 g/mol. The van der Waals surface area contributed by atoms with Crippen molar-refractivity contribution in [2.45, 2.75) is 26.1 Å². The van der Waals surface area contributed by atoms with E-state index in [4.69, 9.17) is 14.2 Å². The van der Waals surface area contributed by atoms with Gasteiger partial charge in [-0.3, -0.25) is 4.79 Å². The van der Waals surface area contributed by atoms with E-state index in [0.717, 1.165) is 28.1 Å². The number of fused-ring (bicyclic) bond motifs is 2. The van der Waals surface area contributed by atoms with Gasteiger partial charge in [-0.15, -0.1) is 0 Å². The first-order valence-electron chi connectivity index (χ1n) is 10.5. The van der Waals surface area contributed by atoms with Crippen molar-refractivity contribution in [3.05, 3.63) is 84.2 Å². The van der Waals surface area contributed by atoms with Crippen molar-refractivity contribution in [2.75, 3.05) is 6.79 Å². The highest BCUT2D eigenvalue weighted by atomic mass is 16.7. The maximum absolute atomic E-state index is 12.9. The Hall–Kier alpha value is -4.00. The van der Waals surface area contributed by atoms with Crippen molar-refractivity contribution in [3.8, 4) is 17.2 Å². The van der Waals surface area contributed by atoms with Gasteiger partial charge in [0.2, 0.25) is 12.7 Å². The lowest BCUT2D eigenvalue weighted by Gasteiger charge is -2.16. The SMILES string of the molecule is C[C@@H](NC(=O)Cn1c(COc2ccccc2)nc2ccccc21)c1ccc2c(c1)OCO2. The molecule has 2 heterocycles. The van der Waals surface area contributed by atoms with Crippen molar-refractivity contribution in [1.82, 2.24) is 14.9 Å². The molecule has 0 saturated heterocycles. The van der Waals surface area contributed by atoms with Gasteiger partial charge in [-0.2, -0.15) is 0 Å². The topological polar surface area (TPSA) is 74.6 Å². The van der Waals surface area contributed by atoms with E-state index in [1.165, 1.54) is 0 Å². The fourth-order valence-electron chi connectivity index (χ4n) is 3.77. The fraction of sp³-hybridized carbons (Fsp3) is 0.200. The Bertz CT molecular complexity index is 1250. The maximum atomic E-state index is 12.9. The second kappa shape index (κ2) is 8.63. The Labute approximate surface area is 185 Å². The van der Waals surface area contributed by atoms with Crippen molar-refractivity contribution in [2.24, 2.45) is 0 Å². The van der Waals surface area contributed by atoms with Gasteiger partial charge in [0.15, 0.2) is 11.5 Å². The standard InChI is InChI=1S/C25H23N3O4/c1-17(18-11-12-22-23(13-18)32-16-31-22)26-25(29)14-28-21-10-6-5-9-20(21)27-24(28)15-30-19-7-3-2-4-8-19/h2-13,17H,14-16H2,1H3,(H,26,29)/t17-/m1/s1. The molecule has 3 aromatic carbocycles. The molecule has 0 aliphatic carbocycles. The molecule has 162 valence electrons. The zero-order valence-corrected chi connectivity index (χ0v) is 17.7. The minimum absolute atomic E-state index is 0.112. The summed E-state index contributed by atoms with van der Waals surface area (Å²) in [5, 5.41) is 3.07.